The normalized spacial score (nSPS) is 15.4. The number of hydrogen-bond donors (Lipinski definition) is 1. The van der Waals surface area contributed by atoms with Gasteiger partial charge in [0, 0.05) is 10.5 Å². The summed E-state index contributed by atoms with van der Waals surface area (Å²) in [4.78, 5) is 0. The highest BCUT2D eigenvalue weighted by atomic mass is 79.9. The predicted molar refractivity (Wildman–Crippen MR) is 56.4 cm³/mol. The molecule has 3 heteroatoms. The van der Waals surface area contributed by atoms with Crippen molar-refractivity contribution in [2.45, 2.75) is 25.6 Å². The van der Waals surface area contributed by atoms with Crippen molar-refractivity contribution in [1.82, 2.24) is 0 Å². The van der Waals surface area contributed by atoms with E-state index in [1.165, 1.54) is 6.92 Å². The van der Waals surface area contributed by atoms with E-state index in [1.54, 1.807) is 0 Å². The van der Waals surface area contributed by atoms with Crippen LogP contribution in [0.5, 0.6) is 0 Å². The third-order valence-electron chi connectivity index (χ3n) is 1.95. The molecule has 0 spiro atoms. The van der Waals surface area contributed by atoms with Crippen LogP contribution in [0.15, 0.2) is 28.7 Å². The van der Waals surface area contributed by atoms with Gasteiger partial charge < -0.3 is 5.73 Å². The fourth-order valence-corrected chi connectivity index (χ4v) is 1.55. The van der Waals surface area contributed by atoms with E-state index >= 15 is 0 Å². The largest absolute Gasteiger partial charge is 0.325 e. The third-order valence-corrected chi connectivity index (χ3v) is 2.44. The average molecular weight is 246 g/mol. The third kappa shape index (κ3) is 3.44. The van der Waals surface area contributed by atoms with Gasteiger partial charge in [0.2, 0.25) is 0 Å². The van der Waals surface area contributed by atoms with Crippen LogP contribution in [-0.2, 0) is 6.42 Å². The number of alkyl halides is 1. The highest BCUT2D eigenvalue weighted by molar-refractivity contribution is 9.10. The first-order chi connectivity index (χ1) is 6.09. The summed E-state index contributed by atoms with van der Waals surface area (Å²) in [6, 6.07) is 7.37. The summed E-state index contributed by atoms with van der Waals surface area (Å²) >= 11 is 3.35. The van der Waals surface area contributed by atoms with Crippen molar-refractivity contribution in [2.24, 2.45) is 5.73 Å². The van der Waals surface area contributed by atoms with E-state index in [2.05, 4.69) is 15.9 Å². The molecule has 0 saturated carbocycles. The van der Waals surface area contributed by atoms with E-state index in [0.717, 1.165) is 10.0 Å². The van der Waals surface area contributed by atoms with Crippen molar-refractivity contribution >= 4 is 15.9 Å². The van der Waals surface area contributed by atoms with Crippen LogP contribution in [0, 0.1) is 0 Å². The Morgan fingerprint density at radius 1 is 1.54 bits per heavy atom. The van der Waals surface area contributed by atoms with Gasteiger partial charge in [0.1, 0.15) is 6.17 Å². The number of hydrogen-bond acceptors (Lipinski definition) is 1. The molecule has 1 rings (SSSR count). The molecule has 1 aromatic carbocycles. The molecule has 0 aliphatic rings. The van der Waals surface area contributed by atoms with Gasteiger partial charge in [-0.15, -0.1) is 0 Å². The lowest BCUT2D eigenvalue weighted by atomic mass is 10.0. The van der Waals surface area contributed by atoms with E-state index in [1.807, 2.05) is 24.3 Å². The standard InChI is InChI=1S/C10H13BrFN/c1-7(12)10(13)6-8-3-2-4-9(11)5-8/h2-5,7,10H,6,13H2,1H3. The zero-order chi connectivity index (χ0) is 9.84. The van der Waals surface area contributed by atoms with Gasteiger partial charge in [-0.2, -0.15) is 0 Å². The Hall–Kier alpha value is -0.410. The van der Waals surface area contributed by atoms with Gasteiger partial charge >= 0.3 is 0 Å². The number of rotatable bonds is 3. The average Bonchev–Trinajstić information content (AvgIpc) is 2.04. The summed E-state index contributed by atoms with van der Waals surface area (Å²) in [6.45, 7) is 1.49. The smallest absolute Gasteiger partial charge is 0.113 e. The van der Waals surface area contributed by atoms with Crippen LogP contribution < -0.4 is 5.73 Å². The maximum atomic E-state index is 12.7. The summed E-state index contributed by atoms with van der Waals surface area (Å²) in [6.07, 6.45) is -0.379. The van der Waals surface area contributed by atoms with Crippen LogP contribution in [0.4, 0.5) is 4.39 Å². The first kappa shape index (κ1) is 10.7. The molecule has 0 fully saturated rings. The number of benzene rings is 1. The molecule has 0 aliphatic heterocycles. The van der Waals surface area contributed by atoms with Gasteiger partial charge in [-0.05, 0) is 31.0 Å². The van der Waals surface area contributed by atoms with Crippen LogP contribution >= 0.6 is 15.9 Å². The van der Waals surface area contributed by atoms with Gasteiger partial charge in [0.15, 0.2) is 0 Å². The Balaban J connectivity index is 2.64. The van der Waals surface area contributed by atoms with Crippen molar-refractivity contribution in [3.8, 4) is 0 Å². The molecule has 0 saturated heterocycles. The van der Waals surface area contributed by atoms with Crippen molar-refractivity contribution in [1.29, 1.82) is 0 Å². The number of halogens is 2. The summed E-state index contributed by atoms with van der Waals surface area (Å²) in [5.74, 6) is 0. The second kappa shape index (κ2) is 4.72. The second-order valence-corrected chi connectivity index (χ2v) is 4.09. The minimum atomic E-state index is -0.959. The van der Waals surface area contributed by atoms with Crippen LogP contribution in [0.25, 0.3) is 0 Å². The first-order valence-electron chi connectivity index (χ1n) is 4.23. The lowest BCUT2D eigenvalue weighted by Crippen LogP contribution is -2.31. The maximum absolute atomic E-state index is 12.7. The van der Waals surface area contributed by atoms with Crippen molar-refractivity contribution in [3.63, 3.8) is 0 Å². The van der Waals surface area contributed by atoms with Gasteiger partial charge in [-0.25, -0.2) is 4.39 Å². The molecule has 2 atom stereocenters. The quantitative estimate of drug-likeness (QED) is 0.871. The Morgan fingerprint density at radius 3 is 2.77 bits per heavy atom. The predicted octanol–water partition coefficient (Wildman–Crippen LogP) is 2.68. The van der Waals surface area contributed by atoms with E-state index in [4.69, 9.17) is 5.73 Å². The molecule has 0 aromatic heterocycles. The molecule has 0 heterocycles. The zero-order valence-electron chi connectivity index (χ0n) is 7.50. The van der Waals surface area contributed by atoms with E-state index in [9.17, 15) is 4.39 Å². The highest BCUT2D eigenvalue weighted by Gasteiger charge is 2.11. The molecule has 0 bridgehead atoms. The number of nitrogens with two attached hydrogens (primary N) is 1. The molecule has 0 amide bonds. The molecule has 0 radical (unpaired) electrons. The fourth-order valence-electron chi connectivity index (χ4n) is 1.10. The molecule has 2 N–H and O–H groups in total. The van der Waals surface area contributed by atoms with Crippen LogP contribution in [-0.4, -0.2) is 12.2 Å². The monoisotopic (exact) mass is 245 g/mol. The van der Waals surface area contributed by atoms with Gasteiger partial charge in [-0.1, -0.05) is 28.1 Å². The molecule has 2 unspecified atom stereocenters. The summed E-state index contributed by atoms with van der Waals surface area (Å²) in [5, 5.41) is 0. The molecule has 1 aromatic rings. The van der Waals surface area contributed by atoms with Gasteiger partial charge in [0.25, 0.3) is 0 Å². The molecular formula is C10H13BrFN. The first-order valence-corrected chi connectivity index (χ1v) is 5.03. The zero-order valence-corrected chi connectivity index (χ0v) is 9.09. The van der Waals surface area contributed by atoms with Crippen LogP contribution in [0.2, 0.25) is 0 Å². The van der Waals surface area contributed by atoms with E-state index in [0.29, 0.717) is 6.42 Å². The van der Waals surface area contributed by atoms with Gasteiger partial charge in [0.05, 0.1) is 0 Å². The minimum absolute atomic E-state index is 0.408. The van der Waals surface area contributed by atoms with Crippen molar-refractivity contribution < 1.29 is 4.39 Å². The fraction of sp³-hybridized carbons (Fsp3) is 0.400. The molecule has 0 aliphatic carbocycles. The Morgan fingerprint density at radius 2 is 2.23 bits per heavy atom. The molecular weight excluding hydrogens is 233 g/mol. The Kier molecular flexibility index (Phi) is 3.88. The summed E-state index contributed by atoms with van der Waals surface area (Å²) in [5.41, 5.74) is 6.67. The molecule has 13 heavy (non-hydrogen) atoms. The topological polar surface area (TPSA) is 26.0 Å². The Bertz CT molecular complexity index is 275. The second-order valence-electron chi connectivity index (χ2n) is 3.18. The summed E-state index contributed by atoms with van der Waals surface area (Å²) < 4.78 is 13.7. The van der Waals surface area contributed by atoms with E-state index < -0.39 is 12.2 Å². The molecule has 72 valence electrons. The van der Waals surface area contributed by atoms with Crippen molar-refractivity contribution in [2.75, 3.05) is 0 Å². The van der Waals surface area contributed by atoms with E-state index in [-0.39, 0.29) is 0 Å². The lowest BCUT2D eigenvalue weighted by molar-refractivity contribution is 0.304. The molecule has 1 nitrogen and oxygen atoms in total. The van der Waals surface area contributed by atoms with Crippen molar-refractivity contribution in [3.05, 3.63) is 34.3 Å². The van der Waals surface area contributed by atoms with Gasteiger partial charge in [-0.3, -0.25) is 0 Å². The highest BCUT2D eigenvalue weighted by Crippen LogP contribution is 2.13. The maximum Gasteiger partial charge on any atom is 0.113 e. The Labute approximate surface area is 86.3 Å². The lowest BCUT2D eigenvalue weighted by Gasteiger charge is -2.12. The minimum Gasteiger partial charge on any atom is -0.325 e. The van der Waals surface area contributed by atoms with Crippen LogP contribution in [0.3, 0.4) is 0 Å². The summed E-state index contributed by atoms with van der Waals surface area (Å²) in [7, 11) is 0. The SMILES string of the molecule is CC(F)C(N)Cc1cccc(Br)c1. The van der Waals surface area contributed by atoms with Crippen LogP contribution in [0.1, 0.15) is 12.5 Å².